The molecule has 0 saturated heterocycles. The lowest BCUT2D eigenvalue weighted by Gasteiger charge is -2.43. The fourth-order valence-corrected chi connectivity index (χ4v) is 5.71. The summed E-state index contributed by atoms with van der Waals surface area (Å²) in [7, 11) is 0. The second kappa shape index (κ2) is 15.4. The molecule has 43 heavy (non-hydrogen) atoms. The summed E-state index contributed by atoms with van der Waals surface area (Å²) < 4.78 is 47.4. The molecule has 0 atom stereocenters. The molecule has 0 aliphatic rings. The van der Waals surface area contributed by atoms with Gasteiger partial charge in [0, 0.05) is 13.1 Å². The summed E-state index contributed by atoms with van der Waals surface area (Å²) in [5, 5.41) is 3.17. The van der Waals surface area contributed by atoms with Crippen LogP contribution in [0.5, 0.6) is 5.75 Å². The van der Waals surface area contributed by atoms with Crippen LogP contribution in [0.3, 0.4) is 0 Å². The van der Waals surface area contributed by atoms with Crippen molar-refractivity contribution in [3.8, 4) is 5.75 Å². The predicted octanol–water partition coefficient (Wildman–Crippen LogP) is 9.14. The first-order valence-corrected chi connectivity index (χ1v) is 15.2. The van der Waals surface area contributed by atoms with Gasteiger partial charge in [0.1, 0.15) is 5.75 Å². The van der Waals surface area contributed by atoms with Gasteiger partial charge in [-0.05, 0) is 79.7 Å². The number of hydrogen-bond acceptors (Lipinski definition) is 3. The van der Waals surface area contributed by atoms with Gasteiger partial charge in [0.2, 0.25) is 0 Å². The monoisotopic (exact) mass is 608 g/mol. The molecule has 0 heterocycles. The van der Waals surface area contributed by atoms with Gasteiger partial charge in [-0.3, -0.25) is 4.90 Å². The molecule has 228 valence electrons. The second-order valence-corrected chi connectivity index (χ2v) is 11.2. The first kappa shape index (κ1) is 32.6. The summed E-state index contributed by atoms with van der Waals surface area (Å²) in [6.07, 6.45) is -1.84. The molecular weight excluding hydrogens is 569 g/mol. The number of nitrogens with zero attached hydrogens (tertiary/aromatic N) is 1. The number of alkyl halides is 3. The van der Waals surface area contributed by atoms with E-state index in [1.165, 1.54) is 11.6 Å². The van der Waals surface area contributed by atoms with Gasteiger partial charge < -0.3 is 10.1 Å². The van der Waals surface area contributed by atoms with Gasteiger partial charge in [-0.15, -0.1) is 0 Å². The third kappa shape index (κ3) is 8.62. The first-order chi connectivity index (χ1) is 20.7. The van der Waals surface area contributed by atoms with E-state index in [4.69, 9.17) is 16.3 Å². The van der Waals surface area contributed by atoms with E-state index in [1.807, 2.05) is 48.5 Å². The summed E-state index contributed by atoms with van der Waals surface area (Å²) in [5.41, 5.74) is 2.25. The van der Waals surface area contributed by atoms with Crippen LogP contribution >= 0.6 is 11.6 Å². The largest absolute Gasteiger partial charge is 0.494 e. The van der Waals surface area contributed by atoms with Crippen molar-refractivity contribution in [2.45, 2.75) is 51.4 Å². The molecule has 0 amide bonds. The minimum atomic E-state index is -4.53. The van der Waals surface area contributed by atoms with E-state index in [1.54, 1.807) is 6.07 Å². The van der Waals surface area contributed by atoms with Crippen LogP contribution in [0.25, 0.3) is 0 Å². The predicted molar refractivity (Wildman–Crippen MR) is 170 cm³/mol. The Morgan fingerprint density at radius 2 is 1.47 bits per heavy atom. The van der Waals surface area contributed by atoms with Crippen LogP contribution in [0, 0.1) is 0 Å². The molecule has 0 aliphatic heterocycles. The van der Waals surface area contributed by atoms with Crippen LogP contribution in [-0.4, -0.2) is 31.1 Å². The normalized spacial score (nSPS) is 12.1. The van der Waals surface area contributed by atoms with E-state index in [0.29, 0.717) is 25.1 Å². The highest BCUT2D eigenvalue weighted by atomic mass is 35.5. The van der Waals surface area contributed by atoms with E-state index in [2.05, 4.69) is 60.5 Å². The lowest BCUT2D eigenvalue weighted by atomic mass is 9.82. The van der Waals surface area contributed by atoms with E-state index < -0.39 is 17.3 Å². The molecule has 4 aromatic carbocycles. The molecule has 0 fully saturated rings. The van der Waals surface area contributed by atoms with Crippen LogP contribution in [-0.2, 0) is 24.7 Å². The maximum Gasteiger partial charge on any atom is 0.417 e. The van der Waals surface area contributed by atoms with Crippen LogP contribution in [0.15, 0.2) is 103 Å². The molecule has 4 aromatic rings. The number of rotatable bonds is 15. The number of hydrogen-bond donors (Lipinski definition) is 1. The lowest BCUT2D eigenvalue weighted by molar-refractivity contribution is -0.137. The van der Waals surface area contributed by atoms with Crippen molar-refractivity contribution in [3.05, 3.63) is 136 Å². The quantitative estimate of drug-likeness (QED) is 0.136. The van der Waals surface area contributed by atoms with Crippen molar-refractivity contribution in [2.24, 2.45) is 0 Å². The number of halogens is 4. The molecule has 0 saturated carbocycles. The Labute approximate surface area is 258 Å². The summed E-state index contributed by atoms with van der Waals surface area (Å²) in [4.78, 5) is 2.21. The average Bonchev–Trinajstić information content (AvgIpc) is 3.02. The minimum Gasteiger partial charge on any atom is -0.494 e. The molecule has 0 aromatic heterocycles. The van der Waals surface area contributed by atoms with Crippen LogP contribution < -0.4 is 10.1 Å². The van der Waals surface area contributed by atoms with Gasteiger partial charge in [-0.2, -0.15) is 13.2 Å². The third-order valence-corrected chi connectivity index (χ3v) is 8.25. The van der Waals surface area contributed by atoms with E-state index >= 15 is 0 Å². The number of ether oxygens (including phenoxy) is 1. The number of nitrogens with one attached hydrogen (secondary N) is 1. The summed E-state index contributed by atoms with van der Waals surface area (Å²) in [5.74, 6) is 0.814. The van der Waals surface area contributed by atoms with Crippen molar-refractivity contribution in [1.82, 2.24) is 10.2 Å². The van der Waals surface area contributed by atoms with Gasteiger partial charge in [0.25, 0.3) is 0 Å². The molecule has 7 heteroatoms. The molecule has 0 bridgehead atoms. The lowest BCUT2D eigenvalue weighted by Crippen LogP contribution is -2.45. The van der Waals surface area contributed by atoms with Gasteiger partial charge in [0.05, 0.1) is 22.7 Å². The van der Waals surface area contributed by atoms with E-state index in [-0.39, 0.29) is 11.6 Å². The summed E-state index contributed by atoms with van der Waals surface area (Å²) in [6, 6.07) is 32.4. The molecule has 4 rings (SSSR count). The second-order valence-electron chi connectivity index (χ2n) is 10.9. The SMILES string of the molecule is CCCNCCc1cccc(OCCCN(Cc2cccc(C(F)(F)F)c2Cl)C(C)(c2ccccc2)c2ccccc2)c1. The smallest absolute Gasteiger partial charge is 0.417 e. The Hall–Kier alpha value is -3.32. The first-order valence-electron chi connectivity index (χ1n) is 14.9. The van der Waals surface area contributed by atoms with Crippen molar-refractivity contribution in [3.63, 3.8) is 0 Å². The van der Waals surface area contributed by atoms with Crippen LogP contribution in [0.2, 0.25) is 5.02 Å². The Bertz CT molecular complexity index is 1370. The van der Waals surface area contributed by atoms with Gasteiger partial charge in [-0.25, -0.2) is 0 Å². The summed E-state index contributed by atoms with van der Waals surface area (Å²) >= 11 is 6.41. The topological polar surface area (TPSA) is 24.5 Å². The fraction of sp³-hybridized carbons (Fsp3) is 0.333. The zero-order chi connectivity index (χ0) is 30.7. The van der Waals surface area contributed by atoms with Crippen molar-refractivity contribution < 1.29 is 17.9 Å². The van der Waals surface area contributed by atoms with E-state index in [9.17, 15) is 13.2 Å². The van der Waals surface area contributed by atoms with Crippen LogP contribution in [0.1, 0.15) is 54.5 Å². The molecule has 0 aliphatic carbocycles. The maximum absolute atomic E-state index is 13.8. The molecule has 0 spiro atoms. The highest BCUT2D eigenvalue weighted by molar-refractivity contribution is 6.32. The van der Waals surface area contributed by atoms with Gasteiger partial charge in [-0.1, -0.05) is 103 Å². The van der Waals surface area contributed by atoms with Crippen molar-refractivity contribution in [2.75, 3.05) is 26.2 Å². The van der Waals surface area contributed by atoms with Gasteiger partial charge >= 0.3 is 6.18 Å². The number of benzene rings is 4. The van der Waals surface area contributed by atoms with Crippen molar-refractivity contribution >= 4 is 11.6 Å². The Morgan fingerprint density at radius 3 is 2.09 bits per heavy atom. The molecular formula is C36H40ClF3N2O. The van der Waals surface area contributed by atoms with Crippen LogP contribution in [0.4, 0.5) is 13.2 Å². The zero-order valence-corrected chi connectivity index (χ0v) is 25.6. The Kier molecular flexibility index (Phi) is 11.7. The molecule has 0 radical (unpaired) electrons. The highest BCUT2D eigenvalue weighted by Crippen LogP contribution is 2.40. The summed E-state index contributed by atoms with van der Waals surface area (Å²) in [6.45, 7) is 7.45. The van der Waals surface area contributed by atoms with Crippen molar-refractivity contribution in [1.29, 1.82) is 0 Å². The Balaban J connectivity index is 1.59. The molecule has 1 N–H and O–H groups in total. The minimum absolute atomic E-state index is 0.225. The average molecular weight is 609 g/mol. The molecule has 3 nitrogen and oxygen atoms in total. The maximum atomic E-state index is 13.8. The zero-order valence-electron chi connectivity index (χ0n) is 24.8. The fourth-order valence-electron chi connectivity index (χ4n) is 5.42. The standard InChI is InChI=1S/C36H40ClF3N2O/c1-3-22-41-23-21-28-13-10-19-32(26-28)43-25-12-24-42(27-29-14-11-20-33(34(29)37)36(38,39)40)35(2,30-15-6-4-7-16-30)31-17-8-5-9-18-31/h4-11,13-20,26,41H,3,12,21-25,27H2,1-2H3. The Morgan fingerprint density at radius 1 is 0.814 bits per heavy atom. The van der Waals surface area contributed by atoms with Gasteiger partial charge in [0.15, 0.2) is 0 Å². The molecule has 0 unspecified atom stereocenters. The van der Waals surface area contributed by atoms with E-state index in [0.717, 1.165) is 48.9 Å². The highest BCUT2D eigenvalue weighted by Gasteiger charge is 2.37. The third-order valence-electron chi connectivity index (χ3n) is 7.81.